The number of anilines is 1. The van der Waals surface area contributed by atoms with Gasteiger partial charge in [-0.25, -0.2) is 4.39 Å². The molecule has 3 N–H and O–H groups in total. The minimum Gasteiger partial charge on any atom is -0.481 e. The largest absolute Gasteiger partial charge is 0.481 e. The van der Waals surface area contributed by atoms with Gasteiger partial charge in [0.25, 0.3) is 0 Å². The Morgan fingerprint density at radius 2 is 1.73 bits per heavy atom. The van der Waals surface area contributed by atoms with E-state index in [-0.39, 0.29) is 30.4 Å². The minimum absolute atomic E-state index is 0.114. The SMILES string of the molecule is COc1cc2c(c(OC)n1)[C@]1(O)[C@H](O)[C@H](CN(C)C)[C@@H](c3ccccc3)[C@]1(c1ccc(N3CC(O)(CF)C3)cc1)O2. The Balaban J connectivity index is 1.57. The summed E-state index contributed by atoms with van der Waals surface area (Å²) in [6.45, 7) is 0.0632. The number of β-amino-alcohol motifs (C(OH)–C–C–N with tert-alkyl or cyclic N) is 1. The van der Waals surface area contributed by atoms with E-state index in [1.807, 2.05) is 78.5 Å². The maximum atomic E-state index is 13.2. The van der Waals surface area contributed by atoms with E-state index in [1.165, 1.54) is 14.2 Å². The van der Waals surface area contributed by atoms with Crippen LogP contribution in [0.2, 0.25) is 0 Å². The highest BCUT2D eigenvalue weighted by molar-refractivity contribution is 5.61. The van der Waals surface area contributed by atoms with Gasteiger partial charge in [0.05, 0.1) is 39.0 Å². The summed E-state index contributed by atoms with van der Waals surface area (Å²) in [5.41, 5.74) is -2.11. The maximum absolute atomic E-state index is 13.2. The molecule has 0 radical (unpaired) electrons. The molecule has 1 saturated heterocycles. The molecule has 1 aliphatic carbocycles. The molecule has 10 heteroatoms. The van der Waals surface area contributed by atoms with Crippen LogP contribution in [0, 0.1) is 5.92 Å². The lowest BCUT2D eigenvalue weighted by Gasteiger charge is -2.46. The van der Waals surface area contributed by atoms with E-state index in [4.69, 9.17) is 14.2 Å². The number of rotatable bonds is 8. The number of nitrogens with zero attached hydrogens (tertiary/aromatic N) is 3. The standard InChI is InChI=1S/C31H36FN3O6/c1-34(2)15-22-25(19-8-6-5-7-9-19)31(20-10-12-21(13-11-20)35-17-29(37,16-32)18-35)30(38,27(22)36)26-23(41-31)14-24(39-3)33-28(26)40-4/h5-14,22,25,27,36-38H,15-18H2,1-4H3/t22-,25-,27-,30+,31+/m1/s1. The second-order valence-electron chi connectivity index (χ2n) is 11.7. The molecule has 9 nitrogen and oxygen atoms in total. The predicted molar refractivity (Wildman–Crippen MR) is 150 cm³/mol. The minimum atomic E-state index is -1.94. The zero-order chi connectivity index (χ0) is 29.2. The highest BCUT2D eigenvalue weighted by atomic mass is 19.1. The molecule has 218 valence electrons. The van der Waals surface area contributed by atoms with Crippen molar-refractivity contribution in [2.24, 2.45) is 5.92 Å². The number of aliphatic hydroxyl groups excluding tert-OH is 1. The first-order valence-electron chi connectivity index (χ1n) is 13.7. The van der Waals surface area contributed by atoms with E-state index < -0.39 is 41.4 Å². The summed E-state index contributed by atoms with van der Waals surface area (Å²) in [5.74, 6) is -0.238. The number of halogens is 1. The van der Waals surface area contributed by atoms with E-state index >= 15 is 0 Å². The van der Waals surface area contributed by atoms with Crippen molar-refractivity contribution in [1.82, 2.24) is 9.88 Å². The Kier molecular flexibility index (Phi) is 6.65. The molecule has 0 amide bonds. The molecule has 6 rings (SSSR count). The van der Waals surface area contributed by atoms with Crippen molar-refractivity contribution >= 4 is 5.69 Å². The van der Waals surface area contributed by atoms with Crippen LogP contribution in [0.3, 0.4) is 0 Å². The van der Waals surface area contributed by atoms with Crippen LogP contribution >= 0.6 is 0 Å². The second kappa shape index (κ2) is 9.84. The molecule has 3 aromatic rings. The number of hydrogen-bond donors (Lipinski definition) is 3. The predicted octanol–water partition coefficient (Wildman–Crippen LogP) is 2.43. The highest BCUT2D eigenvalue weighted by Gasteiger charge is 2.77. The van der Waals surface area contributed by atoms with Crippen molar-refractivity contribution in [3.8, 4) is 17.5 Å². The number of ether oxygens (including phenoxy) is 3. The second-order valence-corrected chi connectivity index (χ2v) is 11.7. The summed E-state index contributed by atoms with van der Waals surface area (Å²) in [7, 11) is 6.81. The van der Waals surface area contributed by atoms with Gasteiger partial charge in [0.2, 0.25) is 11.8 Å². The van der Waals surface area contributed by atoms with Crippen molar-refractivity contribution in [3.63, 3.8) is 0 Å². The Morgan fingerprint density at radius 1 is 1.05 bits per heavy atom. The highest BCUT2D eigenvalue weighted by Crippen LogP contribution is 2.70. The molecule has 2 aromatic carbocycles. The van der Waals surface area contributed by atoms with Gasteiger partial charge in [-0.05, 0) is 37.4 Å². The molecule has 41 heavy (non-hydrogen) atoms. The molecule has 0 bridgehead atoms. The molecule has 5 atom stereocenters. The van der Waals surface area contributed by atoms with Crippen molar-refractivity contribution in [1.29, 1.82) is 0 Å². The number of methoxy groups -OCH3 is 2. The van der Waals surface area contributed by atoms with Gasteiger partial charge < -0.3 is 39.3 Å². The first-order valence-corrected chi connectivity index (χ1v) is 13.7. The first kappa shape index (κ1) is 27.7. The molecule has 1 aromatic heterocycles. The van der Waals surface area contributed by atoms with Crippen molar-refractivity contribution < 1.29 is 33.9 Å². The van der Waals surface area contributed by atoms with Crippen molar-refractivity contribution in [2.45, 2.75) is 28.8 Å². The summed E-state index contributed by atoms with van der Waals surface area (Å²) < 4.78 is 31.2. The van der Waals surface area contributed by atoms with Crippen LogP contribution in [0.4, 0.5) is 10.1 Å². The normalized spacial score (nSPS) is 29.5. The fraction of sp³-hybridized carbons (Fsp3) is 0.452. The van der Waals surface area contributed by atoms with Crippen molar-refractivity contribution in [2.75, 3.05) is 59.5 Å². The summed E-state index contributed by atoms with van der Waals surface area (Å²) in [4.78, 5) is 8.32. The maximum Gasteiger partial charge on any atom is 0.226 e. The number of benzene rings is 2. The van der Waals surface area contributed by atoms with Crippen LogP contribution in [0.5, 0.6) is 17.5 Å². The van der Waals surface area contributed by atoms with Gasteiger partial charge in [-0.15, -0.1) is 0 Å². The number of aromatic nitrogens is 1. The van der Waals surface area contributed by atoms with Crippen molar-refractivity contribution in [3.05, 3.63) is 77.4 Å². The third-order valence-electron chi connectivity index (χ3n) is 8.86. The van der Waals surface area contributed by atoms with E-state index in [2.05, 4.69) is 4.98 Å². The average molecular weight is 566 g/mol. The third kappa shape index (κ3) is 3.92. The molecular weight excluding hydrogens is 529 g/mol. The molecule has 3 aliphatic rings. The van der Waals surface area contributed by atoms with Gasteiger partial charge in [0.15, 0.2) is 11.2 Å². The third-order valence-corrected chi connectivity index (χ3v) is 8.86. The smallest absolute Gasteiger partial charge is 0.226 e. The first-order chi connectivity index (χ1) is 19.6. The van der Waals surface area contributed by atoms with Crippen LogP contribution < -0.4 is 19.1 Å². The van der Waals surface area contributed by atoms with Gasteiger partial charge >= 0.3 is 0 Å². The number of hydrogen-bond acceptors (Lipinski definition) is 9. The summed E-state index contributed by atoms with van der Waals surface area (Å²) in [6, 6.07) is 18.9. The average Bonchev–Trinajstić information content (AvgIpc) is 3.33. The molecule has 1 saturated carbocycles. The molecular formula is C31H36FN3O6. The zero-order valence-electron chi connectivity index (χ0n) is 23.6. The Bertz CT molecular complexity index is 1420. The van der Waals surface area contributed by atoms with Gasteiger partial charge in [-0.1, -0.05) is 42.5 Å². The summed E-state index contributed by atoms with van der Waals surface area (Å²) in [5, 5.41) is 35.3. The lowest BCUT2D eigenvalue weighted by Crippen LogP contribution is -2.63. The van der Waals surface area contributed by atoms with Gasteiger partial charge in [-0.2, -0.15) is 4.98 Å². The topological polar surface area (TPSA) is 108 Å². The van der Waals surface area contributed by atoms with E-state index in [1.54, 1.807) is 6.07 Å². The lowest BCUT2D eigenvalue weighted by molar-refractivity contribution is -0.152. The molecule has 0 unspecified atom stereocenters. The Hall–Kier alpha value is -3.44. The quantitative estimate of drug-likeness (QED) is 0.380. The lowest BCUT2D eigenvalue weighted by atomic mass is 9.70. The number of aliphatic hydroxyl groups is 3. The van der Waals surface area contributed by atoms with E-state index in [0.717, 1.165) is 11.3 Å². The molecule has 0 spiro atoms. The van der Waals surface area contributed by atoms with E-state index in [9.17, 15) is 19.7 Å². The van der Waals surface area contributed by atoms with Gasteiger partial charge in [-0.3, -0.25) is 0 Å². The Morgan fingerprint density at radius 3 is 2.32 bits per heavy atom. The number of pyridine rings is 1. The molecule has 2 aliphatic heterocycles. The van der Waals surface area contributed by atoms with Gasteiger partial charge in [0.1, 0.15) is 18.0 Å². The molecule has 2 fully saturated rings. The summed E-state index contributed by atoms with van der Waals surface area (Å²) >= 11 is 0. The van der Waals surface area contributed by atoms with Crippen LogP contribution in [0.25, 0.3) is 0 Å². The summed E-state index contributed by atoms with van der Waals surface area (Å²) in [6.07, 6.45) is -1.25. The van der Waals surface area contributed by atoms with Crippen LogP contribution in [-0.4, -0.2) is 91.5 Å². The zero-order valence-corrected chi connectivity index (χ0v) is 23.6. The molecule has 3 heterocycles. The number of alkyl halides is 1. The fourth-order valence-corrected chi connectivity index (χ4v) is 7.14. The van der Waals surface area contributed by atoms with Gasteiger partial charge in [0, 0.05) is 30.1 Å². The number of fused-ring (bicyclic) bond motifs is 3. The Labute approximate surface area is 238 Å². The monoisotopic (exact) mass is 565 g/mol. The van der Waals surface area contributed by atoms with E-state index in [0.29, 0.717) is 17.9 Å². The van der Waals surface area contributed by atoms with Crippen LogP contribution in [-0.2, 0) is 11.2 Å². The van der Waals surface area contributed by atoms with Crippen LogP contribution in [0.15, 0.2) is 60.7 Å². The fourth-order valence-electron chi connectivity index (χ4n) is 7.14. The van der Waals surface area contributed by atoms with Crippen LogP contribution in [0.1, 0.15) is 22.6 Å².